The van der Waals surface area contributed by atoms with Crippen molar-refractivity contribution in [2.75, 3.05) is 26.7 Å². The Hall–Kier alpha value is -1.65. The van der Waals surface area contributed by atoms with E-state index in [2.05, 4.69) is 29.0 Å². The third-order valence-electron chi connectivity index (χ3n) is 5.30. The van der Waals surface area contributed by atoms with Gasteiger partial charge in [0.25, 0.3) is 5.91 Å². The van der Waals surface area contributed by atoms with E-state index < -0.39 is 0 Å². The molecule has 1 amide bonds. The van der Waals surface area contributed by atoms with Crippen molar-refractivity contribution in [1.82, 2.24) is 16.0 Å². The van der Waals surface area contributed by atoms with Crippen LogP contribution in [-0.4, -0.2) is 38.6 Å². The molecule has 0 bridgehead atoms. The number of benzene rings is 1. The molecule has 4 nitrogen and oxygen atoms in total. The first-order valence-corrected chi connectivity index (χ1v) is 9.12. The zero-order chi connectivity index (χ0) is 16.9. The molecular weight excluding hydrogens is 298 g/mol. The van der Waals surface area contributed by atoms with Gasteiger partial charge in [0.05, 0.1) is 0 Å². The standard InChI is InChI=1S/C20H29N3O/c1-14(11-15-3-5-17(6-4-15)20(24)21-2)18-12-19(18)23-13-16-7-9-22-10-8-16/h3-6,11,16,18-19,22-23H,7-10,12-13H2,1-2H3,(H,21,24)/b14-11+. The van der Waals surface area contributed by atoms with E-state index in [0.29, 0.717) is 17.5 Å². The van der Waals surface area contributed by atoms with Gasteiger partial charge >= 0.3 is 0 Å². The van der Waals surface area contributed by atoms with Crippen LogP contribution in [0.25, 0.3) is 6.08 Å². The topological polar surface area (TPSA) is 53.2 Å². The quantitative estimate of drug-likeness (QED) is 0.752. The number of piperidine rings is 1. The Kier molecular flexibility index (Phi) is 5.69. The van der Waals surface area contributed by atoms with Gasteiger partial charge in [0.1, 0.15) is 0 Å². The molecule has 24 heavy (non-hydrogen) atoms. The number of amides is 1. The second-order valence-corrected chi connectivity index (χ2v) is 7.14. The van der Waals surface area contributed by atoms with Crippen molar-refractivity contribution in [3.8, 4) is 0 Å². The van der Waals surface area contributed by atoms with Gasteiger partial charge < -0.3 is 16.0 Å². The molecule has 1 aromatic carbocycles. The number of nitrogens with one attached hydrogen (secondary N) is 3. The van der Waals surface area contributed by atoms with E-state index in [9.17, 15) is 4.79 Å². The second kappa shape index (κ2) is 7.95. The molecule has 2 fully saturated rings. The van der Waals surface area contributed by atoms with Crippen LogP contribution < -0.4 is 16.0 Å². The van der Waals surface area contributed by atoms with Crippen molar-refractivity contribution < 1.29 is 4.79 Å². The molecule has 1 aliphatic carbocycles. The average molecular weight is 327 g/mol. The van der Waals surface area contributed by atoms with Gasteiger partial charge in [-0.05, 0) is 75.4 Å². The normalized spacial score (nSPS) is 24.7. The molecule has 130 valence electrons. The Morgan fingerprint density at radius 2 is 1.96 bits per heavy atom. The van der Waals surface area contributed by atoms with E-state index in [4.69, 9.17) is 0 Å². The molecule has 0 spiro atoms. The minimum Gasteiger partial charge on any atom is -0.355 e. The summed E-state index contributed by atoms with van der Waals surface area (Å²) in [6.45, 7) is 5.73. The van der Waals surface area contributed by atoms with E-state index in [1.54, 1.807) is 7.05 Å². The third kappa shape index (κ3) is 4.46. The van der Waals surface area contributed by atoms with Crippen molar-refractivity contribution in [3.05, 3.63) is 41.0 Å². The van der Waals surface area contributed by atoms with Crippen molar-refractivity contribution in [3.63, 3.8) is 0 Å². The zero-order valence-corrected chi connectivity index (χ0v) is 14.8. The van der Waals surface area contributed by atoms with Gasteiger partial charge in [-0.15, -0.1) is 0 Å². The summed E-state index contributed by atoms with van der Waals surface area (Å²) in [6, 6.07) is 8.47. The van der Waals surface area contributed by atoms with E-state index in [0.717, 1.165) is 12.5 Å². The van der Waals surface area contributed by atoms with E-state index in [1.807, 2.05) is 24.3 Å². The zero-order valence-electron chi connectivity index (χ0n) is 14.8. The van der Waals surface area contributed by atoms with Gasteiger partial charge in [-0.2, -0.15) is 0 Å². The Morgan fingerprint density at radius 1 is 1.25 bits per heavy atom. The molecule has 1 saturated carbocycles. The minimum absolute atomic E-state index is 0.0355. The predicted octanol–water partition coefficient (Wildman–Crippen LogP) is 2.43. The lowest BCUT2D eigenvalue weighted by Gasteiger charge is -2.22. The number of hydrogen-bond acceptors (Lipinski definition) is 3. The van der Waals surface area contributed by atoms with Gasteiger partial charge in [0.15, 0.2) is 0 Å². The molecule has 3 N–H and O–H groups in total. The maximum absolute atomic E-state index is 11.6. The van der Waals surface area contributed by atoms with Crippen LogP contribution in [0, 0.1) is 11.8 Å². The van der Waals surface area contributed by atoms with Crippen molar-refractivity contribution in [2.45, 2.75) is 32.2 Å². The summed E-state index contributed by atoms with van der Waals surface area (Å²) in [5, 5.41) is 9.83. The van der Waals surface area contributed by atoms with Crippen LogP contribution in [0.1, 0.15) is 42.1 Å². The number of carbonyl (C=O) groups excluding carboxylic acids is 1. The SMILES string of the molecule is CNC(=O)c1ccc(/C=C(\C)C2CC2NCC2CCNCC2)cc1. The van der Waals surface area contributed by atoms with Crippen LogP contribution in [-0.2, 0) is 0 Å². The Balaban J connectivity index is 1.48. The Morgan fingerprint density at radius 3 is 2.62 bits per heavy atom. The lowest BCUT2D eigenvalue weighted by atomic mass is 9.98. The highest BCUT2D eigenvalue weighted by Gasteiger charge is 2.37. The lowest BCUT2D eigenvalue weighted by molar-refractivity contribution is 0.0963. The summed E-state index contributed by atoms with van der Waals surface area (Å²) >= 11 is 0. The minimum atomic E-state index is -0.0355. The van der Waals surface area contributed by atoms with Crippen molar-refractivity contribution in [1.29, 1.82) is 0 Å². The monoisotopic (exact) mass is 327 g/mol. The molecule has 3 rings (SSSR count). The van der Waals surface area contributed by atoms with Gasteiger partial charge in [0, 0.05) is 18.7 Å². The maximum Gasteiger partial charge on any atom is 0.251 e. The summed E-state index contributed by atoms with van der Waals surface area (Å²) < 4.78 is 0. The summed E-state index contributed by atoms with van der Waals surface area (Å²) in [5.41, 5.74) is 3.31. The first-order valence-electron chi connectivity index (χ1n) is 9.12. The Bertz CT molecular complexity index is 587. The van der Waals surface area contributed by atoms with E-state index >= 15 is 0 Å². The number of hydrogen-bond donors (Lipinski definition) is 3. The van der Waals surface area contributed by atoms with E-state index in [1.165, 1.54) is 43.5 Å². The van der Waals surface area contributed by atoms with Crippen LogP contribution in [0.3, 0.4) is 0 Å². The third-order valence-corrected chi connectivity index (χ3v) is 5.30. The van der Waals surface area contributed by atoms with Crippen molar-refractivity contribution in [2.24, 2.45) is 11.8 Å². The van der Waals surface area contributed by atoms with Crippen LogP contribution >= 0.6 is 0 Å². The lowest BCUT2D eigenvalue weighted by Crippen LogP contribution is -2.34. The first kappa shape index (κ1) is 17.2. The maximum atomic E-state index is 11.6. The van der Waals surface area contributed by atoms with Gasteiger partial charge in [-0.3, -0.25) is 4.79 Å². The summed E-state index contributed by atoms with van der Waals surface area (Å²) in [4.78, 5) is 11.6. The summed E-state index contributed by atoms with van der Waals surface area (Å²) in [7, 11) is 1.66. The molecule has 4 heteroatoms. The van der Waals surface area contributed by atoms with Crippen LogP contribution in [0.5, 0.6) is 0 Å². The highest BCUT2D eigenvalue weighted by molar-refractivity contribution is 5.94. The smallest absolute Gasteiger partial charge is 0.251 e. The fourth-order valence-electron chi connectivity index (χ4n) is 3.57. The first-order chi connectivity index (χ1) is 11.7. The van der Waals surface area contributed by atoms with Gasteiger partial charge in [0.2, 0.25) is 0 Å². The summed E-state index contributed by atoms with van der Waals surface area (Å²) in [5.74, 6) is 1.48. The molecule has 1 saturated heterocycles. The molecule has 1 heterocycles. The number of rotatable bonds is 6. The fraction of sp³-hybridized carbons (Fsp3) is 0.550. The highest BCUT2D eigenvalue weighted by Crippen LogP contribution is 2.38. The molecule has 2 atom stereocenters. The van der Waals surface area contributed by atoms with Crippen LogP contribution in [0.4, 0.5) is 0 Å². The second-order valence-electron chi connectivity index (χ2n) is 7.14. The largest absolute Gasteiger partial charge is 0.355 e. The molecular formula is C20H29N3O. The van der Waals surface area contributed by atoms with E-state index in [-0.39, 0.29) is 5.91 Å². The average Bonchev–Trinajstić information content (AvgIpc) is 3.41. The molecule has 2 unspecified atom stereocenters. The van der Waals surface area contributed by atoms with Crippen LogP contribution in [0.2, 0.25) is 0 Å². The van der Waals surface area contributed by atoms with Gasteiger partial charge in [-0.1, -0.05) is 23.8 Å². The molecule has 2 aliphatic rings. The summed E-state index contributed by atoms with van der Waals surface area (Å²) in [6.07, 6.45) is 6.11. The molecule has 0 aromatic heterocycles. The number of carbonyl (C=O) groups is 1. The molecule has 0 radical (unpaired) electrons. The van der Waals surface area contributed by atoms with Gasteiger partial charge in [-0.25, -0.2) is 0 Å². The Labute approximate surface area is 145 Å². The predicted molar refractivity (Wildman–Crippen MR) is 99.0 cm³/mol. The molecule has 1 aromatic rings. The fourth-order valence-corrected chi connectivity index (χ4v) is 3.57. The van der Waals surface area contributed by atoms with Crippen LogP contribution in [0.15, 0.2) is 29.8 Å². The van der Waals surface area contributed by atoms with Crippen molar-refractivity contribution >= 4 is 12.0 Å². The highest BCUT2D eigenvalue weighted by atomic mass is 16.1. The molecule has 1 aliphatic heterocycles.